The maximum absolute atomic E-state index is 11.5. The summed E-state index contributed by atoms with van der Waals surface area (Å²) < 4.78 is 1.69. The summed E-state index contributed by atoms with van der Waals surface area (Å²) in [7, 11) is 1.96. The third kappa shape index (κ3) is 3.34. The number of aromatic nitrogens is 5. The van der Waals surface area contributed by atoms with Crippen molar-refractivity contribution in [1.82, 2.24) is 24.6 Å². The van der Waals surface area contributed by atoms with Gasteiger partial charge in [-0.1, -0.05) is 12.1 Å². The molecule has 0 bridgehead atoms. The normalized spacial score (nSPS) is 15.3. The monoisotopic (exact) mass is 403 g/mol. The van der Waals surface area contributed by atoms with Crippen LogP contribution in [0, 0.1) is 6.92 Å². The number of aromatic amines is 2. The van der Waals surface area contributed by atoms with Gasteiger partial charge < -0.3 is 15.0 Å². The molecule has 152 valence electrons. The molecule has 3 aromatic heterocycles. The van der Waals surface area contributed by atoms with E-state index in [1.54, 1.807) is 16.8 Å². The van der Waals surface area contributed by atoms with Crippen LogP contribution >= 0.6 is 0 Å². The first-order valence-electron chi connectivity index (χ1n) is 9.74. The van der Waals surface area contributed by atoms with Crippen LogP contribution in [-0.2, 0) is 0 Å². The van der Waals surface area contributed by atoms with E-state index in [0.29, 0.717) is 16.9 Å². The van der Waals surface area contributed by atoms with E-state index >= 15 is 0 Å². The van der Waals surface area contributed by atoms with Gasteiger partial charge in [0.1, 0.15) is 11.5 Å². The number of fused-ring (bicyclic) bond motifs is 1. The molecule has 0 saturated heterocycles. The number of anilines is 2. The van der Waals surface area contributed by atoms with E-state index in [2.05, 4.69) is 34.1 Å². The minimum absolute atomic E-state index is 0.227. The molecule has 9 heteroatoms. The number of hydrogen-bond donors (Lipinski definition) is 3. The van der Waals surface area contributed by atoms with Gasteiger partial charge in [0.15, 0.2) is 11.1 Å². The number of benzene rings is 1. The Hall–Kier alpha value is -3.88. The van der Waals surface area contributed by atoms with Crippen LogP contribution in [0.1, 0.15) is 24.1 Å². The van der Waals surface area contributed by atoms with Crippen LogP contribution in [0.2, 0.25) is 0 Å². The van der Waals surface area contributed by atoms with Gasteiger partial charge >= 0.3 is 5.69 Å². The molecule has 30 heavy (non-hydrogen) atoms. The van der Waals surface area contributed by atoms with Crippen LogP contribution in [0.4, 0.5) is 11.5 Å². The summed E-state index contributed by atoms with van der Waals surface area (Å²) in [6, 6.07) is 10.4. The number of nitrogens with zero attached hydrogens (tertiary/aromatic N) is 5. The summed E-state index contributed by atoms with van der Waals surface area (Å²) in [5.41, 5.74) is 3.29. The van der Waals surface area contributed by atoms with E-state index in [1.807, 2.05) is 30.1 Å². The van der Waals surface area contributed by atoms with Crippen LogP contribution in [0.3, 0.4) is 0 Å². The molecule has 1 saturated carbocycles. The molecule has 1 aromatic carbocycles. The highest BCUT2D eigenvalue weighted by Crippen LogP contribution is 2.24. The number of aromatic hydroxyl groups is 1. The molecule has 3 N–H and O–H groups in total. The maximum atomic E-state index is 11.5. The van der Waals surface area contributed by atoms with E-state index in [1.165, 1.54) is 0 Å². The second-order valence-electron chi connectivity index (χ2n) is 7.55. The fourth-order valence-corrected chi connectivity index (χ4v) is 3.32. The largest absolute Gasteiger partial charge is 0.493 e. The van der Waals surface area contributed by atoms with E-state index in [4.69, 9.17) is 9.98 Å². The van der Waals surface area contributed by atoms with Gasteiger partial charge in [-0.3, -0.25) is 9.98 Å². The predicted octanol–water partition coefficient (Wildman–Crippen LogP) is 1.14. The van der Waals surface area contributed by atoms with Crippen molar-refractivity contribution in [2.24, 2.45) is 4.99 Å². The average molecular weight is 403 g/mol. The third-order valence-corrected chi connectivity index (χ3v) is 5.10. The maximum Gasteiger partial charge on any atom is 0.326 e. The summed E-state index contributed by atoms with van der Waals surface area (Å²) in [6.45, 7) is 2.05. The molecule has 0 unspecified atom stereocenters. The Kier molecular flexibility index (Phi) is 4.16. The second-order valence-corrected chi connectivity index (χ2v) is 7.55. The molecule has 1 aliphatic rings. The quantitative estimate of drug-likeness (QED) is 0.473. The molecule has 1 fully saturated rings. The van der Waals surface area contributed by atoms with Gasteiger partial charge in [0.2, 0.25) is 5.88 Å². The highest BCUT2D eigenvalue weighted by Gasteiger charge is 2.20. The van der Waals surface area contributed by atoms with Crippen molar-refractivity contribution in [3.63, 3.8) is 0 Å². The van der Waals surface area contributed by atoms with Crippen LogP contribution in [0.25, 0.3) is 11.7 Å². The zero-order chi connectivity index (χ0) is 20.8. The molecule has 0 aliphatic heterocycles. The fraction of sp³-hybridized carbons (Fsp3) is 0.238. The molecule has 5 rings (SSSR count). The molecule has 3 heterocycles. The molecular weight excluding hydrogens is 382 g/mol. The summed E-state index contributed by atoms with van der Waals surface area (Å²) in [5, 5.41) is 15.0. The number of rotatable bonds is 4. The Balaban J connectivity index is 1.72. The average Bonchev–Trinajstić information content (AvgIpc) is 3.35. The molecule has 0 spiro atoms. The van der Waals surface area contributed by atoms with E-state index in [0.717, 1.165) is 35.4 Å². The molecule has 0 amide bonds. The minimum atomic E-state index is -0.479. The first-order valence-corrected chi connectivity index (χ1v) is 9.74. The smallest absolute Gasteiger partial charge is 0.326 e. The zero-order valence-corrected chi connectivity index (χ0v) is 16.6. The lowest BCUT2D eigenvalue weighted by molar-refractivity contribution is 0.454. The van der Waals surface area contributed by atoms with Crippen LogP contribution in [-0.4, -0.2) is 42.8 Å². The minimum Gasteiger partial charge on any atom is -0.493 e. The van der Waals surface area contributed by atoms with Gasteiger partial charge in [0, 0.05) is 24.0 Å². The molecule has 0 atom stereocenters. The lowest BCUT2D eigenvalue weighted by atomic mass is 10.2. The molecule has 0 radical (unpaired) electrons. The first kappa shape index (κ1) is 18.2. The number of H-pyrrole nitrogens is 2. The van der Waals surface area contributed by atoms with Gasteiger partial charge in [-0.25, -0.2) is 9.78 Å². The molecular formula is C21H21N7O2. The lowest BCUT2D eigenvalue weighted by Crippen LogP contribution is -2.23. The zero-order valence-electron chi connectivity index (χ0n) is 16.6. The highest BCUT2D eigenvalue weighted by molar-refractivity contribution is 5.63. The van der Waals surface area contributed by atoms with Crippen LogP contribution in [0.5, 0.6) is 5.88 Å². The second kappa shape index (κ2) is 6.87. The van der Waals surface area contributed by atoms with Gasteiger partial charge in [-0.15, -0.1) is 0 Å². The summed E-state index contributed by atoms with van der Waals surface area (Å²) in [5.74, 6) is 0.504. The summed E-state index contributed by atoms with van der Waals surface area (Å²) >= 11 is 0. The Labute approximate surface area is 171 Å². The highest BCUT2D eigenvalue weighted by atomic mass is 16.3. The van der Waals surface area contributed by atoms with Crippen molar-refractivity contribution < 1.29 is 5.11 Å². The van der Waals surface area contributed by atoms with Gasteiger partial charge in [-0.2, -0.15) is 9.61 Å². The van der Waals surface area contributed by atoms with Crippen molar-refractivity contribution in [2.75, 3.05) is 11.9 Å². The molecule has 1 aliphatic carbocycles. The number of nitrogens with one attached hydrogen (secondary N) is 2. The number of aryl methyl sites for hydroxylation is 1. The van der Waals surface area contributed by atoms with E-state index in [9.17, 15) is 9.90 Å². The van der Waals surface area contributed by atoms with Crippen LogP contribution < -0.4 is 21.3 Å². The predicted molar refractivity (Wildman–Crippen MR) is 113 cm³/mol. The van der Waals surface area contributed by atoms with Crippen molar-refractivity contribution in [3.05, 3.63) is 69.0 Å². The Morgan fingerprint density at radius 1 is 1.30 bits per heavy atom. The van der Waals surface area contributed by atoms with Gasteiger partial charge in [0.05, 0.1) is 12.2 Å². The molecule has 4 aromatic rings. The number of imidazole rings is 1. The topological polar surface area (TPSA) is 115 Å². The first-order chi connectivity index (χ1) is 14.5. The van der Waals surface area contributed by atoms with Crippen LogP contribution in [0.15, 0.2) is 46.3 Å². The van der Waals surface area contributed by atoms with Crippen molar-refractivity contribution in [3.8, 4) is 5.88 Å². The fourth-order valence-electron chi connectivity index (χ4n) is 3.32. The van der Waals surface area contributed by atoms with Crippen molar-refractivity contribution >= 4 is 23.2 Å². The summed E-state index contributed by atoms with van der Waals surface area (Å²) in [4.78, 5) is 28.0. The Morgan fingerprint density at radius 3 is 2.83 bits per heavy atom. The lowest BCUT2D eigenvalue weighted by Gasteiger charge is -2.19. The molecule has 9 nitrogen and oxygen atoms in total. The van der Waals surface area contributed by atoms with E-state index in [-0.39, 0.29) is 11.6 Å². The Bertz CT molecular complexity index is 1430. The van der Waals surface area contributed by atoms with Crippen molar-refractivity contribution in [1.29, 1.82) is 0 Å². The number of hydrogen-bond acceptors (Lipinski definition) is 6. The Morgan fingerprint density at radius 2 is 2.13 bits per heavy atom. The van der Waals surface area contributed by atoms with Gasteiger partial charge in [0.25, 0.3) is 0 Å². The van der Waals surface area contributed by atoms with Crippen molar-refractivity contribution in [2.45, 2.75) is 25.8 Å². The summed E-state index contributed by atoms with van der Waals surface area (Å²) in [6.07, 6.45) is 5.44. The third-order valence-electron chi connectivity index (χ3n) is 5.10. The standard InChI is InChI=1S/C21H21N7O2/c1-12-4-3-5-15(8-12)27(2)17-10-18(23-14-6-7-14)28-19(25-17)13(11-22-28)9-16-20(29)26-21(30)24-16/h3-5,8-11,14,29H,6-7H2,1-2H3,(H2,24,26,30)/b13-9-,23-18?. The SMILES string of the molecule is Cc1cccc(N(C)c2cc(=NC3CC3)n3nc/c(=C/c4[nH]c(=O)[nH]c4O)c3n2)c1. The van der Waals surface area contributed by atoms with E-state index < -0.39 is 5.69 Å². The van der Waals surface area contributed by atoms with Gasteiger partial charge in [-0.05, 0) is 43.5 Å².